The van der Waals surface area contributed by atoms with Crippen molar-refractivity contribution in [1.29, 1.82) is 0 Å². The molecule has 1 aromatic carbocycles. The number of rotatable bonds is 6. The fraction of sp³-hybridized carbons (Fsp3) is 0.476. The highest BCUT2D eigenvalue weighted by Gasteiger charge is 2.29. The van der Waals surface area contributed by atoms with Crippen LogP contribution < -0.4 is 0 Å². The summed E-state index contributed by atoms with van der Waals surface area (Å²) in [5.74, 6) is -0.383. The van der Waals surface area contributed by atoms with Gasteiger partial charge in [-0.2, -0.15) is 4.31 Å². The Labute approximate surface area is 171 Å². The van der Waals surface area contributed by atoms with Gasteiger partial charge in [0, 0.05) is 30.5 Å². The lowest BCUT2D eigenvalue weighted by Gasteiger charge is -2.26. The summed E-state index contributed by atoms with van der Waals surface area (Å²) in [6.07, 6.45) is 2.30. The lowest BCUT2D eigenvalue weighted by atomic mass is 10.2. The standard InChI is InChI=1S/C21H26N2O5S/c1-15-12-20(16(2)23(15)18-6-7-18)21(24)28-14-17-4-3-5-19(13-17)29(25,26)22-8-10-27-11-9-22/h3-5,12-13,18H,6-11,14H2,1-2H3. The number of esters is 1. The van der Waals surface area contributed by atoms with Gasteiger partial charge in [0.05, 0.1) is 23.7 Å². The molecule has 2 aromatic rings. The second-order valence-corrected chi connectivity index (χ2v) is 9.56. The van der Waals surface area contributed by atoms with E-state index in [1.54, 1.807) is 24.3 Å². The van der Waals surface area contributed by atoms with E-state index in [0.717, 1.165) is 24.2 Å². The van der Waals surface area contributed by atoms with Crippen LogP contribution in [0.4, 0.5) is 0 Å². The fourth-order valence-corrected chi connectivity index (χ4v) is 5.32. The lowest BCUT2D eigenvalue weighted by molar-refractivity contribution is 0.0471. The van der Waals surface area contributed by atoms with Gasteiger partial charge in [0.15, 0.2) is 0 Å². The van der Waals surface area contributed by atoms with Gasteiger partial charge in [-0.05, 0) is 50.5 Å². The largest absolute Gasteiger partial charge is 0.457 e. The molecule has 0 radical (unpaired) electrons. The minimum Gasteiger partial charge on any atom is -0.457 e. The SMILES string of the molecule is Cc1cc(C(=O)OCc2cccc(S(=O)(=O)N3CCOCC3)c2)c(C)n1C1CC1. The fourth-order valence-electron chi connectivity index (χ4n) is 3.84. The number of aromatic nitrogens is 1. The molecule has 0 amide bonds. The Bertz CT molecular complexity index is 1020. The molecule has 2 aliphatic rings. The van der Waals surface area contributed by atoms with E-state index >= 15 is 0 Å². The summed E-state index contributed by atoms with van der Waals surface area (Å²) in [5, 5.41) is 0. The molecule has 0 N–H and O–H groups in total. The third-order valence-electron chi connectivity index (χ3n) is 5.49. The van der Waals surface area contributed by atoms with Gasteiger partial charge in [0.2, 0.25) is 10.0 Å². The van der Waals surface area contributed by atoms with E-state index in [1.807, 2.05) is 19.9 Å². The van der Waals surface area contributed by atoms with E-state index in [0.29, 0.717) is 43.5 Å². The predicted octanol–water partition coefficient (Wildman–Crippen LogP) is 2.82. The summed E-state index contributed by atoms with van der Waals surface area (Å²) >= 11 is 0. The van der Waals surface area contributed by atoms with Crippen molar-refractivity contribution in [2.75, 3.05) is 26.3 Å². The zero-order chi connectivity index (χ0) is 20.6. The predicted molar refractivity (Wildman–Crippen MR) is 107 cm³/mol. The number of benzene rings is 1. The molecule has 0 bridgehead atoms. The zero-order valence-electron chi connectivity index (χ0n) is 16.8. The van der Waals surface area contributed by atoms with Gasteiger partial charge in [-0.3, -0.25) is 0 Å². The van der Waals surface area contributed by atoms with E-state index in [-0.39, 0.29) is 17.5 Å². The van der Waals surface area contributed by atoms with Crippen LogP contribution in [0.3, 0.4) is 0 Å². The molecule has 7 nitrogen and oxygen atoms in total. The smallest absolute Gasteiger partial charge is 0.340 e. The molecule has 0 atom stereocenters. The molecule has 29 heavy (non-hydrogen) atoms. The van der Waals surface area contributed by atoms with E-state index in [2.05, 4.69) is 4.57 Å². The van der Waals surface area contributed by atoms with Crippen LogP contribution in [0.15, 0.2) is 35.2 Å². The first-order valence-electron chi connectivity index (χ1n) is 9.90. The number of hydrogen-bond donors (Lipinski definition) is 0. The Kier molecular flexibility index (Phi) is 5.50. The highest BCUT2D eigenvalue weighted by Crippen LogP contribution is 2.38. The Balaban J connectivity index is 1.46. The van der Waals surface area contributed by atoms with Crippen molar-refractivity contribution in [3.8, 4) is 0 Å². The highest BCUT2D eigenvalue weighted by atomic mass is 32.2. The average molecular weight is 419 g/mol. The van der Waals surface area contributed by atoms with E-state index in [1.165, 1.54) is 4.31 Å². The van der Waals surface area contributed by atoms with Crippen LogP contribution in [0.2, 0.25) is 0 Å². The quantitative estimate of drug-likeness (QED) is 0.674. The average Bonchev–Trinajstić information content (AvgIpc) is 3.51. The van der Waals surface area contributed by atoms with Crippen molar-refractivity contribution in [2.45, 2.75) is 44.2 Å². The Morgan fingerprint density at radius 3 is 2.59 bits per heavy atom. The van der Waals surface area contributed by atoms with Gasteiger partial charge in [-0.1, -0.05) is 12.1 Å². The normalized spacial score (nSPS) is 18.0. The number of carbonyl (C=O) groups excluding carboxylic acids is 1. The van der Waals surface area contributed by atoms with E-state index in [9.17, 15) is 13.2 Å². The molecule has 0 unspecified atom stereocenters. The third-order valence-corrected chi connectivity index (χ3v) is 7.39. The maximum Gasteiger partial charge on any atom is 0.340 e. The number of aryl methyl sites for hydroxylation is 1. The Hall–Kier alpha value is -2.16. The van der Waals surface area contributed by atoms with Crippen molar-refractivity contribution in [3.05, 3.63) is 52.8 Å². The first kappa shape index (κ1) is 20.1. The molecule has 2 fully saturated rings. The highest BCUT2D eigenvalue weighted by molar-refractivity contribution is 7.89. The number of morpholine rings is 1. The monoisotopic (exact) mass is 418 g/mol. The zero-order valence-corrected chi connectivity index (χ0v) is 17.6. The lowest BCUT2D eigenvalue weighted by Crippen LogP contribution is -2.40. The van der Waals surface area contributed by atoms with Crippen LogP contribution in [0.1, 0.15) is 46.2 Å². The van der Waals surface area contributed by atoms with E-state index < -0.39 is 10.0 Å². The molecule has 1 saturated carbocycles. The van der Waals surface area contributed by atoms with Crippen molar-refractivity contribution in [3.63, 3.8) is 0 Å². The number of sulfonamides is 1. The minimum atomic E-state index is -3.58. The van der Waals surface area contributed by atoms with Crippen LogP contribution in [-0.4, -0.2) is 49.6 Å². The molecular weight excluding hydrogens is 392 g/mol. The molecule has 1 aliphatic carbocycles. The number of carbonyl (C=O) groups is 1. The summed E-state index contributed by atoms with van der Waals surface area (Å²) in [5.41, 5.74) is 3.21. The molecule has 4 rings (SSSR count). The topological polar surface area (TPSA) is 77.8 Å². The summed E-state index contributed by atoms with van der Waals surface area (Å²) in [7, 11) is -3.58. The second-order valence-electron chi connectivity index (χ2n) is 7.63. The third kappa shape index (κ3) is 4.10. The summed E-state index contributed by atoms with van der Waals surface area (Å²) in [6.45, 7) is 5.46. The molecule has 156 valence electrons. The van der Waals surface area contributed by atoms with Crippen molar-refractivity contribution < 1.29 is 22.7 Å². The maximum absolute atomic E-state index is 12.8. The van der Waals surface area contributed by atoms with Gasteiger partial charge >= 0.3 is 5.97 Å². The molecule has 1 aromatic heterocycles. The van der Waals surface area contributed by atoms with Crippen LogP contribution in [-0.2, 0) is 26.1 Å². The van der Waals surface area contributed by atoms with Gasteiger partial charge in [-0.15, -0.1) is 0 Å². The van der Waals surface area contributed by atoms with Gasteiger partial charge < -0.3 is 14.0 Å². The van der Waals surface area contributed by atoms with Gasteiger partial charge in [-0.25, -0.2) is 13.2 Å². The number of nitrogens with zero attached hydrogens (tertiary/aromatic N) is 2. The summed E-state index contributed by atoms with van der Waals surface area (Å²) in [6, 6.07) is 8.95. The van der Waals surface area contributed by atoms with Crippen molar-refractivity contribution in [2.24, 2.45) is 0 Å². The summed E-state index contributed by atoms with van der Waals surface area (Å²) in [4.78, 5) is 12.8. The second kappa shape index (κ2) is 7.93. The first-order valence-corrected chi connectivity index (χ1v) is 11.3. The van der Waals surface area contributed by atoms with Gasteiger partial charge in [0.25, 0.3) is 0 Å². The van der Waals surface area contributed by atoms with Crippen LogP contribution in [0, 0.1) is 13.8 Å². The van der Waals surface area contributed by atoms with Crippen molar-refractivity contribution in [1.82, 2.24) is 8.87 Å². The minimum absolute atomic E-state index is 0.0262. The van der Waals surface area contributed by atoms with Crippen LogP contribution >= 0.6 is 0 Å². The molecule has 0 spiro atoms. The Morgan fingerprint density at radius 1 is 1.17 bits per heavy atom. The van der Waals surface area contributed by atoms with Gasteiger partial charge in [0.1, 0.15) is 6.61 Å². The summed E-state index contributed by atoms with van der Waals surface area (Å²) < 4.78 is 40.0. The first-order chi connectivity index (χ1) is 13.9. The number of ether oxygens (including phenoxy) is 2. The van der Waals surface area contributed by atoms with Crippen molar-refractivity contribution >= 4 is 16.0 Å². The molecule has 2 heterocycles. The maximum atomic E-state index is 12.8. The van der Waals surface area contributed by atoms with Crippen LogP contribution in [0.5, 0.6) is 0 Å². The van der Waals surface area contributed by atoms with E-state index in [4.69, 9.17) is 9.47 Å². The Morgan fingerprint density at radius 2 is 1.90 bits per heavy atom. The molecule has 8 heteroatoms. The van der Waals surface area contributed by atoms with Crippen LogP contribution in [0.25, 0.3) is 0 Å². The molecule has 1 saturated heterocycles. The number of hydrogen-bond acceptors (Lipinski definition) is 5. The molecule has 1 aliphatic heterocycles. The molecular formula is C21H26N2O5S.